The van der Waals surface area contributed by atoms with E-state index in [2.05, 4.69) is 10.6 Å². The first kappa shape index (κ1) is 20.0. The Morgan fingerprint density at radius 2 is 1.55 bits per heavy atom. The summed E-state index contributed by atoms with van der Waals surface area (Å²) < 4.78 is 10.6. The van der Waals surface area contributed by atoms with Crippen LogP contribution in [0.15, 0.2) is 100 Å². The Bertz CT molecular complexity index is 1180. The van der Waals surface area contributed by atoms with Gasteiger partial charge in [-0.2, -0.15) is 0 Å². The summed E-state index contributed by atoms with van der Waals surface area (Å²) in [6.45, 7) is 0.252. The lowest BCUT2D eigenvalue weighted by Gasteiger charge is -2.13. The quantitative estimate of drug-likeness (QED) is 0.419. The van der Waals surface area contributed by atoms with E-state index in [0.29, 0.717) is 28.3 Å². The predicted molar refractivity (Wildman–Crippen MR) is 118 cm³/mol. The molecule has 0 saturated carbocycles. The fourth-order valence-corrected chi connectivity index (χ4v) is 3.07. The molecule has 0 fully saturated rings. The summed E-state index contributed by atoms with van der Waals surface area (Å²) in [6.07, 6.45) is 4.77. The normalized spacial score (nSPS) is 11.2. The number of anilines is 1. The Labute approximate surface area is 179 Å². The zero-order valence-electron chi connectivity index (χ0n) is 16.6. The van der Waals surface area contributed by atoms with E-state index in [-0.39, 0.29) is 18.4 Å². The lowest BCUT2D eigenvalue weighted by Crippen LogP contribution is -2.24. The number of nitrogens with one attached hydrogen (secondary N) is 2. The predicted octanol–water partition coefficient (Wildman–Crippen LogP) is 4.98. The van der Waals surface area contributed by atoms with Gasteiger partial charge in [0.2, 0.25) is 0 Å². The molecule has 31 heavy (non-hydrogen) atoms. The molecule has 6 nitrogen and oxygen atoms in total. The molecule has 2 N–H and O–H groups in total. The first-order valence-corrected chi connectivity index (χ1v) is 9.72. The third kappa shape index (κ3) is 5.00. The highest BCUT2D eigenvalue weighted by Gasteiger charge is 2.17. The van der Waals surface area contributed by atoms with Crippen LogP contribution in [-0.2, 0) is 11.3 Å². The Hall–Kier alpha value is -4.32. The van der Waals surface area contributed by atoms with Gasteiger partial charge in [-0.25, -0.2) is 0 Å². The molecule has 0 aliphatic heterocycles. The van der Waals surface area contributed by atoms with E-state index < -0.39 is 0 Å². The van der Waals surface area contributed by atoms with Crippen molar-refractivity contribution in [2.75, 3.05) is 5.32 Å². The smallest absolute Gasteiger partial charge is 0.256 e. The van der Waals surface area contributed by atoms with Gasteiger partial charge in [-0.05, 0) is 48.0 Å². The van der Waals surface area contributed by atoms with E-state index in [9.17, 15) is 9.59 Å². The molecular formula is C25H20N2O4. The number of rotatable bonds is 7. The van der Waals surface area contributed by atoms with Gasteiger partial charge < -0.3 is 19.5 Å². The van der Waals surface area contributed by atoms with Crippen LogP contribution in [0.1, 0.15) is 27.4 Å². The number of furan rings is 2. The van der Waals surface area contributed by atoms with Gasteiger partial charge in [-0.1, -0.05) is 42.5 Å². The van der Waals surface area contributed by atoms with Gasteiger partial charge in [0.1, 0.15) is 11.5 Å². The summed E-state index contributed by atoms with van der Waals surface area (Å²) in [5.41, 5.74) is 1.91. The molecule has 0 aliphatic carbocycles. The van der Waals surface area contributed by atoms with Crippen molar-refractivity contribution >= 4 is 29.2 Å². The number of para-hydroxylation sites is 1. The van der Waals surface area contributed by atoms with Gasteiger partial charge >= 0.3 is 0 Å². The Morgan fingerprint density at radius 3 is 2.29 bits per heavy atom. The molecule has 0 atom stereocenters. The van der Waals surface area contributed by atoms with E-state index in [1.807, 2.05) is 30.3 Å². The van der Waals surface area contributed by atoms with Crippen LogP contribution >= 0.6 is 0 Å². The molecule has 0 radical (unpaired) electrons. The van der Waals surface area contributed by atoms with E-state index in [1.165, 1.54) is 0 Å². The second-order valence-electron chi connectivity index (χ2n) is 6.70. The molecule has 2 aromatic heterocycles. The number of hydrogen-bond donors (Lipinski definition) is 2. The largest absolute Gasteiger partial charge is 0.467 e. The minimum absolute atomic E-state index is 0.252. The zero-order chi connectivity index (χ0) is 21.5. The molecule has 154 valence electrons. The fraction of sp³-hybridized carbons (Fsp3) is 0.0400. The molecule has 6 heteroatoms. The molecule has 0 spiro atoms. The summed E-state index contributed by atoms with van der Waals surface area (Å²) in [4.78, 5) is 25.9. The highest BCUT2D eigenvalue weighted by molar-refractivity contribution is 6.29. The van der Waals surface area contributed by atoms with E-state index >= 15 is 0 Å². The van der Waals surface area contributed by atoms with Crippen LogP contribution in [0.25, 0.3) is 11.6 Å². The third-order valence-electron chi connectivity index (χ3n) is 4.58. The van der Waals surface area contributed by atoms with Gasteiger partial charge in [0, 0.05) is 0 Å². The second kappa shape index (κ2) is 9.45. The van der Waals surface area contributed by atoms with Crippen molar-refractivity contribution in [3.63, 3.8) is 0 Å². The van der Waals surface area contributed by atoms with Crippen molar-refractivity contribution < 1.29 is 18.4 Å². The molecule has 0 unspecified atom stereocenters. The number of carbonyl (C=O) groups excluding carboxylic acids is 2. The molecular weight excluding hydrogens is 392 g/mol. The van der Waals surface area contributed by atoms with Gasteiger partial charge in [0.15, 0.2) is 0 Å². The maximum absolute atomic E-state index is 13.2. The van der Waals surface area contributed by atoms with E-state index in [1.54, 1.807) is 67.1 Å². The summed E-state index contributed by atoms with van der Waals surface area (Å²) in [5.74, 6) is 0.526. The van der Waals surface area contributed by atoms with Crippen LogP contribution in [0, 0.1) is 0 Å². The van der Waals surface area contributed by atoms with Crippen molar-refractivity contribution in [3.8, 4) is 0 Å². The van der Waals surface area contributed by atoms with Crippen molar-refractivity contribution in [2.24, 2.45) is 0 Å². The number of amides is 2. The SMILES string of the molecule is O=C(Nc1ccccc1C(=O)NCc1ccco1)/C(=C\c1ccco1)c1ccccc1. The lowest BCUT2D eigenvalue weighted by molar-refractivity contribution is -0.111. The molecule has 0 aliphatic rings. The average molecular weight is 412 g/mol. The standard InChI is InChI=1S/C25H20N2O4/c28-24(26-17-20-11-7-15-31-20)21-12-4-5-13-23(21)27-25(29)22(16-19-10-6-14-30-19)18-8-2-1-3-9-18/h1-16H,17H2,(H,26,28)(H,27,29)/b22-16-. The van der Waals surface area contributed by atoms with Crippen molar-refractivity contribution in [2.45, 2.75) is 6.54 Å². The van der Waals surface area contributed by atoms with Gasteiger partial charge in [-0.3, -0.25) is 9.59 Å². The number of benzene rings is 2. The summed E-state index contributed by atoms with van der Waals surface area (Å²) in [5, 5.41) is 5.66. The summed E-state index contributed by atoms with van der Waals surface area (Å²) in [6, 6.07) is 23.2. The van der Waals surface area contributed by atoms with Gasteiger partial charge in [0.05, 0.1) is 35.9 Å². The average Bonchev–Trinajstić information content (AvgIpc) is 3.51. The zero-order valence-corrected chi connectivity index (χ0v) is 16.6. The van der Waals surface area contributed by atoms with Crippen LogP contribution in [0.5, 0.6) is 0 Å². The first-order valence-electron chi connectivity index (χ1n) is 9.72. The summed E-state index contributed by atoms with van der Waals surface area (Å²) in [7, 11) is 0. The molecule has 4 rings (SSSR count). The second-order valence-corrected chi connectivity index (χ2v) is 6.70. The van der Waals surface area contributed by atoms with Crippen LogP contribution in [-0.4, -0.2) is 11.8 Å². The van der Waals surface area contributed by atoms with Gasteiger partial charge in [0.25, 0.3) is 11.8 Å². The minimum atomic E-state index is -0.353. The monoisotopic (exact) mass is 412 g/mol. The van der Waals surface area contributed by atoms with E-state index in [4.69, 9.17) is 8.83 Å². The summed E-state index contributed by atoms with van der Waals surface area (Å²) >= 11 is 0. The van der Waals surface area contributed by atoms with Crippen molar-refractivity contribution in [1.82, 2.24) is 5.32 Å². The minimum Gasteiger partial charge on any atom is -0.467 e. The highest BCUT2D eigenvalue weighted by Crippen LogP contribution is 2.23. The van der Waals surface area contributed by atoms with E-state index in [0.717, 1.165) is 5.56 Å². The van der Waals surface area contributed by atoms with Crippen LogP contribution < -0.4 is 10.6 Å². The third-order valence-corrected chi connectivity index (χ3v) is 4.58. The van der Waals surface area contributed by atoms with Crippen LogP contribution in [0.3, 0.4) is 0 Å². The highest BCUT2D eigenvalue weighted by atomic mass is 16.3. The van der Waals surface area contributed by atoms with Crippen molar-refractivity contribution in [1.29, 1.82) is 0 Å². The maximum atomic E-state index is 13.2. The Kier molecular flexibility index (Phi) is 6.09. The van der Waals surface area contributed by atoms with Gasteiger partial charge in [-0.15, -0.1) is 0 Å². The maximum Gasteiger partial charge on any atom is 0.256 e. The molecule has 2 aromatic carbocycles. The lowest BCUT2D eigenvalue weighted by atomic mass is 10.0. The Morgan fingerprint density at radius 1 is 0.806 bits per heavy atom. The number of carbonyl (C=O) groups is 2. The Balaban J connectivity index is 1.57. The molecule has 2 amide bonds. The fourth-order valence-electron chi connectivity index (χ4n) is 3.07. The van der Waals surface area contributed by atoms with Crippen LogP contribution in [0.4, 0.5) is 5.69 Å². The number of hydrogen-bond acceptors (Lipinski definition) is 4. The molecule has 4 aromatic rings. The topological polar surface area (TPSA) is 84.5 Å². The van der Waals surface area contributed by atoms with Crippen LogP contribution in [0.2, 0.25) is 0 Å². The molecule has 0 bridgehead atoms. The molecule has 0 saturated heterocycles. The molecule has 2 heterocycles. The first-order chi connectivity index (χ1) is 15.2. The van der Waals surface area contributed by atoms with Crippen molar-refractivity contribution in [3.05, 3.63) is 114 Å².